The Kier molecular flexibility index (Phi) is 6.18. The Labute approximate surface area is 189 Å². The zero-order chi connectivity index (χ0) is 21.8. The van der Waals surface area contributed by atoms with Crippen molar-refractivity contribution in [2.24, 2.45) is 5.10 Å². The number of benzene rings is 3. The molecule has 158 valence electrons. The van der Waals surface area contributed by atoms with Gasteiger partial charge in [0.05, 0.1) is 18.9 Å². The zero-order valence-electron chi connectivity index (χ0n) is 17.9. The smallest absolute Gasteiger partial charge is 0.194 e. The third-order valence-corrected chi connectivity index (χ3v) is 5.65. The SMILES string of the molecule is COc1ccc(C2=NN(C(=S)Nc3ccccc3)[C@H](c3ccc(N(C)C)cc3)C2)cc1. The number of hydrogen-bond donors (Lipinski definition) is 1. The number of rotatable bonds is 5. The fraction of sp³-hybridized carbons (Fsp3) is 0.200. The van der Waals surface area contributed by atoms with Gasteiger partial charge in [-0.1, -0.05) is 30.3 Å². The summed E-state index contributed by atoms with van der Waals surface area (Å²) in [7, 11) is 5.76. The third kappa shape index (κ3) is 4.70. The van der Waals surface area contributed by atoms with E-state index in [0.29, 0.717) is 5.11 Å². The maximum atomic E-state index is 5.76. The van der Waals surface area contributed by atoms with E-state index < -0.39 is 0 Å². The van der Waals surface area contributed by atoms with E-state index in [1.807, 2.05) is 73.7 Å². The van der Waals surface area contributed by atoms with Gasteiger partial charge in [-0.15, -0.1) is 0 Å². The van der Waals surface area contributed by atoms with Crippen LogP contribution in [-0.4, -0.2) is 37.0 Å². The lowest BCUT2D eigenvalue weighted by Gasteiger charge is -2.25. The van der Waals surface area contributed by atoms with Gasteiger partial charge in [0.1, 0.15) is 5.75 Å². The predicted molar refractivity (Wildman–Crippen MR) is 132 cm³/mol. The van der Waals surface area contributed by atoms with E-state index in [0.717, 1.165) is 34.8 Å². The first-order chi connectivity index (χ1) is 15.0. The second-order valence-electron chi connectivity index (χ2n) is 7.62. The highest BCUT2D eigenvalue weighted by molar-refractivity contribution is 7.80. The van der Waals surface area contributed by atoms with Crippen molar-refractivity contribution in [2.75, 3.05) is 31.4 Å². The van der Waals surface area contributed by atoms with Gasteiger partial charge in [0, 0.05) is 31.9 Å². The number of hydrazone groups is 1. The summed E-state index contributed by atoms with van der Waals surface area (Å²) in [6, 6.07) is 26.6. The van der Waals surface area contributed by atoms with Crippen LogP contribution in [0.4, 0.5) is 11.4 Å². The van der Waals surface area contributed by atoms with Crippen LogP contribution < -0.4 is 15.0 Å². The number of ether oxygens (including phenoxy) is 1. The van der Waals surface area contributed by atoms with Crippen LogP contribution >= 0.6 is 12.2 Å². The third-order valence-electron chi connectivity index (χ3n) is 5.36. The molecule has 1 heterocycles. The van der Waals surface area contributed by atoms with Gasteiger partial charge in [-0.3, -0.25) is 0 Å². The number of methoxy groups -OCH3 is 1. The summed E-state index contributed by atoms with van der Waals surface area (Å²) < 4.78 is 5.29. The summed E-state index contributed by atoms with van der Waals surface area (Å²) in [6.07, 6.45) is 0.768. The van der Waals surface area contributed by atoms with Crippen molar-refractivity contribution < 1.29 is 4.74 Å². The molecule has 0 radical (unpaired) electrons. The molecule has 0 amide bonds. The number of anilines is 2. The second kappa shape index (κ2) is 9.18. The van der Waals surface area contributed by atoms with Crippen LogP contribution in [0.1, 0.15) is 23.6 Å². The molecule has 1 atom stereocenters. The van der Waals surface area contributed by atoms with Gasteiger partial charge in [0.15, 0.2) is 5.11 Å². The largest absolute Gasteiger partial charge is 0.497 e. The van der Waals surface area contributed by atoms with E-state index in [4.69, 9.17) is 22.1 Å². The molecule has 3 aromatic rings. The van der Waals surface area contributed by atoms with Gasteiger partial charge in [-0.2, -0.15) is 5.10 Å². The number of nitrogens with one attached hydrogen (secondary N) is 1. The van der Waals surface area contributed by atoms with Crippen molar-refractivity contribution in [3.05, 3.63) is 90.0 Å². The Hall–Kier alpha value is -3.38. The molecule has 6 heteroatoms. The molecule has 0 fully saturated rings. The lowest BCUT2D eigenvalue weighted by molar-refractivity contribution is 0.375. The molecule has 3 aromatic carbocycles. The number of nitrogens with zero attached hydrogens (tertiary/aromatic N) is 3. The number of hydrogen-bond acceptors (Lipinski definition) is 4. The highest BCUT2D eigenvalue weighted by Gasteiger charge is 2.31. The van der Waals surface area contributed by atoms with E-state index >= 15 is 0 Å². The fourth-order valence-electron chi connectivity index (χ4n) is 3.61. The molecule has 1 N–H and O–H groups in total. The van der Waals surface area contributed by atoms with E-state index in [1.165, 1.54) is 5.56 Å². The first-order valence-corrected chi connectivity index (χ1v) is 10.6. The van der Waals surface area contributed by atoms with Gasteiger partial charge in [-0.05, 0) is 71.9 Å². The number of thiocarbonyl (C=S) groups is 1. The monoisotopic (exact) mass is 430 g/mol. The van der Waals surface area contributed by atoms with E-state index in [-0.39, 0.29) is 6.04 Å². The molecular weight excluding hydrogens is 404 g/mol. The van der Waals surface area contributed by atoms with Crippen LogP contribution in [0.15, 0.2) is 84.0 Å². The fourth-order valence-corrected chi connectivity index (χ4v) is 3.90. The molecular formula is C25H26N4OS. The Morgan fingerprint density at radius 3 is 2.29 bits per heavy atom. The van der Waals surface area contributed by atoms with Crippen molar-refractivity contribution in [1.29, 1.82) is 0 Å². The van der Waals surface area contributed by atoms with E-state index in [9.17, 15) is 0 Å². The molecule has 0 saturated heterocycles. The lowest BCUT2D eigenvalue weighted by Crippen LogP contribution is -2.31. The highest BCUT2D eigenvalue weighted by atomic mass is 32.1. The second-order valence-corrected chi connectivity index (χ2v) is 8.01. The Morgan fingerprint density at radius 1 is 1.00 bits per heavy atom. The van der Waals surface area contributed by atoms with Crippen molar-refractivity contribution in [1.82, 2.24) is 5.01 Å². The van der Waals surface area contributed by atoms with Crippen LogP contribution in [0.2, 0.25) is 0 Å². The molecule has 0 aliphatic carbocycles. The summed E-state index contributed by atoms with van der Waals surface area (Å²) in [5.74, 6) is 0.830. The molecule has 31 heavy (non-hydrogen) atoms. The minimum atomic E-state index is 0.0250. The lowest BCUT2D eigenvalue weighted by atomic mass is 9.98. The van der Waals surface area contributed by atoms with Crippen LogP contribution in [0.3, 0.4) is 0 Å². The van der Waals surface area contributed by atoms with Crippen LogP contribution in [-0.2, 0) is 0 Å². The van der Waals surface area contributed by atoms with Gasteiger partial charge < -0.3 is 15.0 Å². The van der Waals surface area contributed by atoms with E-state index in [1.54, 1.807) is 7.11 Å². The topological polar surface area (TPSA) is 40.1 Å². The number of para-hydroxylation sites is 1. The van der Waals surface area contributed by atoms with Crippen molar-refractivity contribution >= 4 is 34.4 Å². The Morgan fingerprint density at radius 2 is 1.68 bits per heavy atom. The molecule has 0 bridgehead atoms. The minimum Gasteiger partial charge on any atom is -0.497 e. The van der Waals surface area contributed by atoms with Crippen molar-refractivity contribution in [3.8, 4) is 5.75 Å². The molecule has 5 nitrogen and oxygen atoms in total. The molecule has 4 rings (SSSR count). The predicted octanol–water partition coefficient (Wildman–Crippen LogP) is 5.31. The average Bonchev–Trinajstić information content (AvgIpc) is 3.25. The summed E-state index contributed by atoms with van der Waals surface area (Å²) >= 11 is 5.76. The first-order valence-electron chi connectivity index (χ1n) is 10.2. The van der Waals surface area contributed by atoms with Crippen molar-refractivity contribution in [2.45, 2.75) is 12.5 Å². The van der Waals surface area contributed by atoms with Crippen LogP contribution in [0.25, 0.3) is 0 Å². The summed E-state index contributed by atoms with van der Waals surface area (Å²) in [6.45, 7) is 0. The minimum absolute atomic E-state index is 0.0250. The van der Waals surface area contributed by atoms with Crippen molar-refractivity contribution in [3.63, 3.8) is 0 Å². The quantitative estimate of drug-likeness (QED) is 0.556. The van der Waals surface area contributed by atoms with Gasteiger partial charge in [0.25, 0.3) is 0 Å². The first kappa shape index (κ1) is 20.9. The summed E-state index contributed by atoms with van der Waals surface area (Å²) in [5, 5.41) is 10.7. The highest BCUT2D eigenvalue weighted by Crippen LogP contribution is 2.34. The molecule has 0 spiro atoms. The van der Waals surface area contributed by atoms with Crippen LogP contribution in [0.5, 0.6) is 5.75 Å². The Bertz CT molecular complexity index is 1060. The normalized spacial score (nSPS) is 15.4. The molecule has 1 aliphatic heterocycles. The summed E-state index contributed by atoms with van der Waals surface area (Å²) in [4.78, 5) is 2.09. The molecule has 0 saturated carbocycles. The van der Waals surface area contributed by atoms with Gasteiger partial charge >= 0.3 is 0 Å². The standard InChI is InChI=1S/C25H26N4OS/c1-28(2)21-13-9-19(10-14-21)24-17-23(18-11-15-22(30-3)16-12-18)27-29(24)25(31)26-20-7-5-4-6-8-20/h4-16,24H,17H2,1-3H3,(H,26,31)/t24-/m0/s1. The average molecular weight is 431 g/mol. The zero-order valence-corrected chi connectivity index (χ0v) is 18.8. The molecule has 0 aromatic heterocycles. The molecule has 1 aliphatic rings. The van der Waals surface area contributed by atoms with Gasteiger partial charge in [0.2, 0.25) is 0 Å². The van der Waals surface area contributed by atoms with E-state index in [2.05, 4.69) is 34.5 Å². The Balaban J connectivity index is 1.64. The maximum absolute atomic E-state index is 5.76. The van der Waals surface area contributed by atoms with Gasteiger partial charge in [-0.25, -0.2) is 5.01 Å². The maximum Gasteiger partial charge on any atom is 0.194 e. The molecule has 0 unspecified atom stereocenters. The summed E-state index contributed by atoms with van der Waals surface area (Å²) in [5.41, 5.74) is 5.36. The van der Waals surface area contributed by atoms with Crippen LogP contribution in [0, 0.1) is 0 Å².